The Hall–Kier alpha value is -1.27. The summed E-state index contributed by atoms with van der Waals surface area (Å²) < 4.78 is 0. The zero-order valence-corrected chi connectivity index (χ0v) is 14.2. The summed E-state index contributed by atoms with van der Waals surface area (Å²) in [5, 5.41) is 8.17. The number of pyridine rings is 1. The molecule has 0 aliphatic heterocycles. The minimum atomic E-state index is 0. The number of azo groups is 1. The lowest BCUT2D eigenvalue weighted by Crippen LogP contribution is -2.07. The Morgan fingerprint density at radius 1 is 0.895 bits per heavy atom. The molecule has 6 heteroatoms. The van der Waals surface area contributed by atoms with Gasteiger partial charge in [-0.15, -0.1) is 44.2 Å². The molecule has 19 heavy (non-hydrogen) atoms. The first kappa shape index (κ1) is 17.7. The third-order valence-corrected chi connectivity index (χ3v) is 2.28. The average Bonchev–Trinajstić information content (AvgIpc) is 2.38. The van der Waals surface area contributed by atoms with E-state index in [-0.39, 0.29) is 34.0 Å². The molecule has 0 radical (unpaired) electrons. The molecular weight excluding hydrogens is 372 g/mol. The van der Waals surface area contributed by atoms with Gasteiger partial charge in [0.1, 0.15) is 0 Å². The van der Waals surface area contributed by atoms with Crippen LogP contribution in [0.25, 0.3) is 0 Å². The predicted molar refractivity (Wildman–Crippen MR) is 89.8 cm³/mol. The van der Waals surface area contributed by atoms with Crippen molar-refractivity contribution in [3.63, 3.8) is 0 Å². The highest BCUT2D eigenvalue weighted by Gasteiger charge is 1.95. The van der Waals surface area contributed by atoms with Gasteiger partial charge < -0.3 is 4.90 Å². The summed E-state index contributed by atoms with van der Waals surface area (Å²) in [6, 6.07) is 13.4. The highest BCUT2D eigenvalue weighted by molar-refractivity contribution is 8.93. The van der Waals surface area contributed by atoms with Crippen molar-refractivity contribution in [2.75, 3.05) is 19.0 Å². The van der Waals surface area contributed by atoms with Crippen LogP contribution < -0.4 is 4.90 Å². The Morgan fingerprint density at radius 2 is 1.58 bits per heavy atom. The molecule has 0 atom stereocenters. The highest BCUT2D eigenvalue weighted by Crippen LogP contribution is 2.19. The van der Waals surface area contributed by atoms with Crippen molar-refractivity contribution in [3.8, 4) is 0 Å². The van der Waals surface area contributed by atoms with Gasteiger partial charge in [-0.3, -0.25) is 0 Å². The lowest BCUT2D eigenvalue weighted by atomic mass is 10.3. The Balaban J connectivity index is 0.00000162. The molecule has 1 heterocycles. The second kappa shape index (κ2) is 8.77. The Labute approximate surface area is 134 Å². The van der Waals surface area contributed by atoms with Gasteiger partial charge in [0.15, 0.2) is 5.82 Å². The molecular formula is C13H16Br2N4. The van der Waals surface area contributed by atoms with Crippen LogP contribution in [0.4, 0.5) is 17.2 Å². The monoisotopic (exact) mass is 386 g/mol. The summed E-state index contributed by atoms with van der Waals surface area (Å²) in [5.41, 5.74) is 1.96. The summed E-state index contributed by atoms with van der Waals surface area (Å²) in [6.45, 7) is 0. The second-order valence-electron chi connectivity index (χ2n) is 3.80. The molecule has 2 rings (SSSR count). The maximum absolute atomic E-state index is 4.12. The molecule has 102 valence electrons. The Morgan fingerprint density at radius 3 is 2.11 bits per heavy atom. The van der Waals surface area contributed by atoms with Gasteiger partial charge in [-0.05, 0) is 36.4 Å². The first-order chi connectivity index (χ1) is 8.25. The van der Waals surface area contributed by atoms with E-state index in [4.69, 9.17) is 0 Å². The Bertz CT molecular complexity index is 498. The largest absolute Gasteiger partial charge is 0.378 e. The van der Waals surface area contributed by atoms with E-state index in [0.717, 1.165) is 11.4 Å². The zero-order valence-electron chi connectivity index (χ0n) is 10.7. The van der Waals surface area contributed by atoms with Crippen molar-refractivity contribution >= 4 is 51.2 Å². The number of hydrogen-bond donors (Lipinski definition) is 0. The molecule has 0 unspecified atom stereocenters. The third-order valence-electron chi connectivity index (χ3n) is 2.28. The molecule has 0 saturated heterocycles. The van der Waals surface area contributed by atoms with Gasteiger partial charge in [0.05, 0.1) is 5.69 Å². The molecule has 0 aliphatic rings. The summed E-state index contributed by atoms with van der Waals surface area (Å²) in [4.78, 5) is 6.11. The maximum Gasteiger partial charge on any atom is 0.174 e. The second-order valence-corrected chi connectivity index (χ2v) is 3.80. The van der Waals surface area contributed by atoms with Crippen LogP contribution in [0.5, 0.6) is 0 Å². The third kappa shape index (κ3) is 5.48. The number of nitrogens with zero attached hydrogens (tertiary/aromatic N) is 4. The Kier molecular flexibility index (Phi) is 8.18. The molecule has 0 spiro atoms. The predicted octanol–water partition coefficient (Wildman–Crippen LogP) is 4.72. The van der Waals surface area contributed by atoms with Crippen molar-refractivity contribution < 1.29 is 0 Å². The van der Waals surface area contributed by atoms with Crippen LogP contribution in [0.15, 0.2) is 58.9 Å². The molecule has 0 bridgehead atoms. The first-order valence-electron chi connectivity index (χ1n) is 5.36. The van der Waals surface area contributed by atoms with E-state index in [1.807, 2.05) is 61.5 Å². The topological polar surface area (TPSA) is 40.9 Å². The van der Waals surface area contributed by atoms with Crippen molar-refractivity contribution in [1.82, 2.24) is 4.98 Å². The number of benzene rings is 1. The van der Waals surface area contributed by atoms with Crippen LogP contribution in [0, 0.1) is 0 Å². The lowest BCUT2D eigenvalue weighted by molar-refractivity contribution is 1.12. The fraction of sp³-hybridized carbons (Fsp3) is 0.154. The number of aromatic nitrogens is 1. The van der Waals surface area contributed by atoms with E-state index >= 15 is 0 Å². The van der Waals surface area contributed by atoms with Crippen LogP contribution in [0.1, 0.15) is 0 Å². The summed E-state index contributed by atoms with van der Waals surface area (Å²) in [7, 11) is 4.01. The van der Waals surface area contributed by atoms with Gasteiger partial charge in [0.25, 0.3) is 0 Å². The van der Waals surface area contributed by atoms with Gasteiger partial charge in [0, 0.05) is 26.0 Å². The van der Waals surface area contributed by atoms with Crippen LogP contribution in [-0.4, -0.2) is 19.1 Å². The summed E-state index contributed by atoms with van der Waals surface area (Å²) in [5.74, 6) is 0.615. The van der Waals surface area contributed by atoms with E-state index in [1.54, 1.807) is 6.20 Å². The maximum atomic E-state index is 4.12. The number of hydrogen-bond acceptors (Lipinski definition) is 4. The summed E-state index contributed by atoms with van der Waals surface area (Å²) in [6.07, 6.45) is 1.70. The normalized spacial score (nSPS) is 9.58. The van der Waals surface area contributed by atoms with Gasteiger partial charge in [0.2, 0.25) is 0 Å². The molecule has 4 nitrogen and oxygen atoms in total. The van der Waals surface area contributed by atoms with Crippen LogP contribution >= 0.6 is 34.0 Å². The lowest BCUT2D eigenvalue weighted by Gasteiger charge is -2.11. The van der Waals surface area contributed by atoms with E-state index in [1.165, 1.54) is 0 Å². The molecule has 0 N–H and O–H groups in total. The van der Waals surface area contributed by atoms with E-state index in [0.29, 0.717) is 5.82 Å². The molecule has 2 aromatic rings. The zero-order chi connectivity index (χ0) is 12.1. The molecule has 1 aromatic heterocycles. The standard InChI is InChI=1S/C13H14N4.2BrH/c1-17(2)12-8-6-11(7-9-12)15-16-13-5-3-4-10-14-13;;/h3-10H,1-2H3;2*1H/b16-15+;;. The molecule has 0 saturated carbocycles. The quantitative estimate of drug-likeness (QED) is 0.715. The van der Waals surface area contributed by atoms with Crippen LogP contribution in [-0.2, 0) is 0 Å². The molecule has 1 aromatic carbocycles. The van der Waals surface area contributed by atoms with Crippen molar-refractivity contribution in [3.05, 3.63) is 48.7 Å². The van der Waals surface area contributed by atoms with Gasteiger partial charge in [-0.25, -0.2) is 4.98 Å². The SMILES string of the molecule is Br.Br.CN(C)c1ccc(/N=N/c2ccccn2)cc1. The molecule has 0 amide bonds. The highest BCUT2D eigenvalue weighted by atomic mass is 79.9. The van der Waals surface area contributed by atoms with Gasteiger partial charge >= 0.3 is 0 Å². The van der Waals surface area contributed by atoms with E-state index in [2.05, 4.69) is 15.2 Å². The van der Waals surface area contributed by atoms with Crippen molar-refractivity contribution in [2.24, 2.45) is 10.2 Å². The fourth-order valence-corrected chi connectivity index (χ4v) is 1.34. The van der Waals surface area contributed by atoms with Gasteiger partial charge in [-0.1, -0.05) is 6.07 Å². The molecule has 0 fully saturated rings. The minimum Gasteiger partial charge on any atom is -0.378 e. The fourth-order valence-electron chi connectivity index (χ4n) is 1.34. The number of anilines is 1. The van der Waals surface area contributed by atoms with Crippen LogP contribution in [0.3, 0.4) is 0 Å². The minimum absolute atomic E-state index is 0. The number of halogens is 2. The van der Waals surface area contributed by atoms with Gasteiger partial charge in [-0.2, -0.15) is 0 Å². The van der Waals surface area contributed by atoms with E-state index < -0.39 is 0 Å². The van der Waals surface area contributed by atoms with Crippen LogP contribution in [0.2, 0.25) is 0 Å². The summed E-state index contributed by atoms with van der Waals surface area (Å²) >= 11 is 0. The first-order valence-corrected chi connectivity index (χ1v) is 5.36. The molecule has 0 aliphatic carbocycles. The van der Waals surface area contributed by atoms with Crippen molar-refractivity contribution in [2.45, 2.75) is 0 Å². The van der Waals surface area contributed by atoms with E-state index in [9.17, 15) is 0 Å². The smallest absolute Gasteiger partial charge is 0.174 e. The number of rotatable bonds is 3. The van der Waals surface area contributed by atoms with Crippen molar-refractivity contribution in [1.29, 1.82) is 0 Å². The average molecular weight is 388 g/mol.